The Morgan fingerprint density at radius 1 is 1.22 bits per heavy atom. The summed E-state index contributed by atoms with van der Waals surface area (Å²) < 4.78 is 1.75. The minimum Gasteiger partial charge on any atom is -0.294 e. The zero-order valence-corrected chi connectivity index (χ0v) is 10.8. The van der Waals surface area contributed by atoms with Gasteiger partial charge in [-0.3, -0.25) is 4.57 Å². The third kappa shape index (κ3) is 1.65. The standard InChI is InChI=1S/C12H8Cl2N4/c1-2-6-18-11-10(17-12(18)14)16-9-7(13)4-3-5-8(9)15-11/h2-5H,1,6H2. The first-order valence-electron chi connectivity index (χ1n) is 5.29. The molecule has 2 aromatic heterocycles. The molecule has 0 aliphatic carbocycles. The molecule has 0 atom stereocenters. The molecule has 3 rings (SSSR count). The van der Waals surface area contributed by atoms with Crippen LogP contribution in [0.2, 0.25) is 10.3 Å². The van der Waals surface area contributed by atoms with E-state index in [1.54, 1.807) is 16.7 Å². The summed E-state index contributed by atoms with van der Waals surface area (Å²) in [7, 11) is 0. The molecule has 0 radical (unpaired) electrons. The molecule has 2 heterocycles. The summed E-state index contributed by atoms with van der Waals surface area (Å²) in [6.07, 6.45) is 1.73. The summed E-state index contributed by atoms with van der Waals surface area (Å²) in [4.78, 5) is 13.1. The molecule has 0 amide bonds. The summed E-state index contributed by atoms with van der Waals surface area (Å²) >= 11 is 12.1. The van der Waals surface area contributed by atoms with E-state index in [0.29, 0.717) is 33.7 Å². The van der Waals surface area contributed by atoms with Crippen molar-refractivity contribution in [1.29, 1.82) is 0 Å². The molecule has 0 N–H and O–H groups in total. The molecule has 0 saturated carbocycles. The van der Waals surface area contributed by atoms with Gasteiger partial charge in [0.25, 0.3) is 0 Å². The lowest BCUT2D eigenvalue weighted by Gasteiger charge is -2.02. The summed E-state index contributed by atoms with van der Waals surface area (Å²) in [6.45, 7) is 4.22. The quantitative estimate of drug-likeness (QED) is 0.674. The first-order chi connectivity index (χ1) is 8.70. The van der Waals surface area contributed by atoms with Crippen LogP contribution in [0.1, 0.15) is 0 Å². The first kappa shape index (κ1) is 11.4. The minimum absolute atomic E-state index is 0.344. The summed E-state index contributed by atoms with van der Waals surface area (Å²) in [6, 6.07) is 5.46. The van der Waals surface area contributed by atoms with Gasteiger partial charge in [0.15, 0.2) is 11.3 Å². The lowest BCUT2D eigenvalue weighted by atomic mass is 10.3. The Hall–Kier alpha value is -1.65. The third-order valence-corrected chi connectivity index (χ3v) is 3.19. The second-order valence-electron chi connectivity index (χ2n) is 3.76. The van der Waals surface area contributed by atoms with Crippen molar-refractivity contribution >= 4 is 45.5 Å². The molecular formula is C12H8Cl2N4. The Morgan fingerprint density at radius 2 is 2.06 bits per heavy atom. The van der Waals surface area contributed by atoms with Gasteiger partial charge in [0, 0.05) is 6.54 Å². The Morgan fingerprint density at radius 3 is 2.83 bits per heavy atom. The van der Waals surface area contributed by atoms with Crippen LogP contribution in [-0.2, 0) is 6.54 Å². The van der Waals surface area contributed by atoms with Crippen LogP contribution in [0.3, 0.4) is 0 Å². The van der Waals surface area contributed by atoms with Crippen LogP contribution in [0.15, 0.2) is 30.9 Å². The maximum Gasteiger partial charge on any atom is 0.206 e. The van der Waals surface area contributed by atoms with Crippen molar-refractivity contribution in [2.75, 3.05) is 0 Å². The van der Waals surface area contributed by atoms with E-state index in [4.69, 9.17) is 23.2 Å². The van der Waals surface area contributed by atoms with E-state index in [1.807, 2.05) is 12.1 Å². The predicted octanol–water partition coefficient (Wildman–Crippen LogP) is 3.47. The number of benzene rings is 1. The highest BCUT2D eigenvalue weighted by molar-refractivity contribution is 6.35. The number of halogens is 2. The van der Waals surface area contributed by atoms with E-state index in [-0.39, 0.29) is 0 Å². The highest BCUT2D eigenvalue weighted by atomic mass is 35.5. The van der Waals surface area contributed by atoms with Crippen LogP contribution >= 0.6 is 23.2 Å². The lowest BCUT2D eigenvalue weighted by Crippen LogP contribution is -1.97. The number of hydrogen-bond acceptors (Lipinski definition) is 3. The van der Waals surface area contributed by atoms with Gasteiger partial charge in [0.2, 0.25) is 5.28 Å². The van der Waals surface area contributed by atoms with Gasteiger partial charge in [0.05, 0.1) is 10.5 Å². The lowest BCUT2D eigenvalue weighted by molar-refractivity contribution is 0.842. The number of fused-ring (bicyclic) bond motifs is 2. The second-order valence-corrected chi connectivity index (χ2v) is 4.50. The predicted molar refractivity (Wildman–Crippen MR) is 73.0 cm³/mol. The van der Waals surface area contributed by atoms with Crippen molar-refractivity contribution in [2.45, 2.75) is 6.54 Å². The van der Waals surface area contributed by atoms with Gasteiger partial charge in [-0.25, -0.2) is 9.97 Å². The topological polar surface area (TPSA) is 43.6 Å². The van der Waals surface area contributed by atoms with E-state index in [9.17, 15) is 0 Å². The molecule has 4 nitrogen and oxygen atoms in total. The molecule has 0 spiro atoms. The van der Waals surface area contributed by atoms with Crippen molar-refractivity contribution in [2.24, 2.45) is 0 Å². The molecule has 0 aliphatic heterocycles. The molecule has 0 saturated heterocycles. The fourth-order valence-corrected chi connectivity index (χ4v) is 2.25. The molecule has 1 aromatic carbocycles. The van der Waals surface area contributed by atoms with E-state index in [2.05, 4.69) is 21.5 Å². The average Bonchev–Trinajstić information content (AvgIpc) is 2.65. The van der Waals surface area contributed by atoms with Crippen molar-refractivity contribution < 1.29 is 0 Å². The fraction of sp³-hybridized carbons (Fsp3) is 0.0833. The highest BCUT2D eigenvalue weighted by Gasteiger charge is 2.12. The summed E-state index contributed by atoms with van der Waals surface area (Å²) in [5.41, 5.74) is 2.47. The van der Waals surface area contributed by atoms with Gasteiger partial charge in [-0.05, 0) is 23.7 Å². The Bertz CT molecular complexity index is 763. The van der Waals surface area contributed by atoms with Gasteiger partial charge in [-0.1, -0.05) is 23.7 Å². The van der Waals surface area contributed by atoms with Crippen molar-refractivity contribution in [3.05, 3.63) is 41.2 Å². The molecule has 0 unspecified atom stereocenters. The van der Waals surface area contributed by atoms with Gasteiger partial charge in [-0.15, -0.1) is 6.58 Å². The Labute approximate surface area is 113 Å². The van der Waals surface area contributed by atoms with Gasteiger partial charge in [-0.2, -0.15) is 4.98 Å². The van der Waals surface area contributed by atoms with E-state index in [1.165, 1.54) is 0 Å². The fourth-order valence-electron chi connectivity index (χ4n) is 1.81. The molecule has 90 valence electrons. The van der Waals surface area contributed by atoms with Gasteiger partial charge in [0.1, 0.15) is 5.52 Å². The molecule has 3 aromatic rings. The molecule has 6 heteroatoms. The van der Waals surface area contributed by atoms with Crippen LogP contribution in [0, 0.1) is 0 Å². The van der Waals surface area contributed by atoms with Crippen LogP contribution in [0.25, 0.3) is 22.3 Å². The van der Waals surface area contributed by atoms with Crippen LogP contribution < -0.4 is 0 Å². The smallest absolute Gasteiger partial charge is 0.206 e. The molecule has 0 aliphatic rings. The largest absolute Gasteiger partial charge is 0.294 e. The number of imidazole rings is 1. The molecule has 0 fully saturated rings. The van der Waals surface area contributed by atoms with Crippen molar-refractivity contribution in [3.8, 4) is 0 Å². The van der Waals surface area contributed by atoms with Gasteiger partial charge < -0.3 is 0 Å². The van der Waals surface area contributed by atoms with E-state index >= 15 is 0 Å². The van der Waals surface area contributed by atoms with Crippen LogP contribution in [0.4, 0.5) is 0 Å². The monoisotopic (exact) mass is 278 g/mol. The minimum atomic E-state index is 0.344. The van der Waals surface area contributed by atoms with E-state index in [0.717, 1.165) is 5.52 Å². The molecule has 18 heavy (non-hydrogen) atoms. The molecule has 0 bridgehead atoms. The number of allylic oxidation sites excluding steroid dienone is 1. The highest BCUT2D eigenvalue weighted by Crippen LogP contribution is 2.24. The second kappa shape index (κ2) is 4.23. The summed E-state index contributed by atoms with van der Waals surface area (Å²) in [5.74, 6) is 0. The Balaban J connectivity index is 2.41. The molecular weight excluding hydrogens is 271 g/mol. The normalized spacial score (nSPS) is 11.2. The number of rotatable bonds is 2. The van der Waals surface area contributed by atoms with Crippen molar-refractivity contribution in [3.63, 3.8) is 0 Å². The summed E-state index contributed by atoms with van der Waals surface area (Å²) in [5, 5.41) is 0.896. The number of hydrogen-bond donors (Lipinski definition) is 0. The maximum atomic E-state index is 6.08. The average molecular weight is 279 g/mol. The zero-order valence-electron chi connectivity index (χ0n) is 9.27. The number of aromatic nitrogens is 4. The zero-order chi connectivity index (χ0) is 12.7. The van der Waals surface area contributed by atoms with E-state index < -0.39 is 0 Å². The SMILES string of the molecule is C=CCn1c(Cl)nc2nc3c(Cl)cccc3nc21. The maximum absolute atomic E-state index is 6.08. The number of nitrogens with zero attached hydrogens (tertiary/aromatic N) is 4. The van der Waals surface area contributed by atoms with Gasteiger partial charge >= 0.3 is 0 Å². The van der Waals surface area contributed by atoms with Crippen LogP contribution in [-0.4, -0.2) is 19.5 Å². The Kier molecular flexibility index (Phi) is 2.69. The third-order valence-electron chi connectivity index (χ3n) is 2.60. The number of para-hydroxylation sites is 1. The van der Waals surface area contributed by atoms with Crippen LogP contribution in [0.5, 0.6) is 0 Å². The van der Waals surface area contributed by atoms with Crippen molar-refractivity contribution in [1.82, 2.24) is 19.5 Å². The first-order valence-corrected chi connectivity index (χ1v) is 6.05.